The number of esters is 1. The van der Waals surface area contributed by atoms with Crippen LogP contribution in [-0.2, 0) is 16.1 Å². The van der Waals surface area contributed by atoms with Crippen molar-refractivity contribution in [2.45, 2.75) is 64.0 Å². The minimum atomic E-state index is -0.797. The summed E-state index contributed by atoms with van der Waals surface area (Å²) in [5, 5.41) is 4.67. The predicted molar refractivity (Wildman–Crippen MR) is 152 cm³/mol. The van der Waals surface area contributed by atoms with Gasteiger partial charge in [0.1, 0.15) is 11.6 Å². The normalized spacial score (nSPS) is 18.5. The second-order valence-corrected chi connectivity index (χ2v) is 11.6. The van der Waals surface area contributed by atoms with E-state index >= 15 is 0 Å². The molecule has 2 aliphatic carbocycles. The van der Waals surface area contributed by atoms with Crippen LogP contribution in [0.4, 0.5) is 8.78 Å². The van der Waals surface area contributed by atoms with E-state index in [0.29, 0.717) is 37.9 Å². The van der Waals surface area contributed by atoms with Crippen molar-refractivity contribution in [1.29, 1.82) is 0 Å². The van der Waals surface area contributed by atoms with Gasteiger partial charge in [0.2, 0.25) is 0 Å². The minimum Gasteiger partial charge on any atom is -0.466 e. The quantitative estimate of drug-likeness (QED) is 0.189. The summed E-state index contributed by atoms with van der Waals surface area (Å²) < 4.78 is 35.2. The van der Waals surface area contributed by atoms with Crippen molar-refractivity contribution >= 4 is 40.9 Å². The summed E-state index contributed by atoms with van der Waals surface area (Å²) in [6.45, 7) is 1.45. The van der Waals surface area contributed by atoms with E-state index in [-0.39, 0.29) is 51.6 Å². The second-order valence-electron chi connectivity index (χ2n) is 10.8. The minimum absolute atomic E-state index is 0.00743. The van der Waals surface area contributed by atoms with E-state index in [1.54, 1.807) is 6.92 Å². The number of aromatic nitrogens is 3. The molecule has 0 N–H and O–H groups in total. The van der Waals surface area contributed by atoms with Crippen molar-refractivity contribution in [3.63, 3.8) is 0 Å². The number of ketones is 1. The number of halogens is 4. The molecule has 0 bridgehead atoms. The SMILES string of the molecule is CCOC(=O)[C@H]1CC[C@H](n2ncc(C(=O)N(CC(=O)c3c(Cl)cncc3Cl)Cc3cc(F)cc(F)c3)c2C2CC2)CC1. The van der Waals surface area contributed by atoms with Gasteiger partial charge in [0, 0.05) is 30.9 Å². The Morgan fingerprint density at radius 3 is 2.21 bits per heavy atom. The number of nitrogens with zero attached hydrogens (tertiary/aromatic N) is 4. The van der Waals surface area contributed by atoms with Gasteiger partial charge in [-0.25, -0.2) is 8.78 Å². The molecular formula is C30H30Cl2F2N4O4. The lowest BCUT2D eigenvalue weighted by Crippen LogP contribution is -2.36. The van der Waals surface area contributed by atoms with E-state index in [0.717, 1.165) is 36.7 Å². The zero-order chi connectivity index (χ0) is 30.0. The first-order valence-corrected chi connectivity index (χ1v) is 14.7. The number of Topliss-reactive ketones (excluding diaryl/α,β-unsaturated/α-hetero) is 1. The number of hydrogen-bond acceptors (Lipinski definition) is 6. The summed E-state index contributed by atoms with van der Waals surface area (Å²) in [5.41, 5.74) is 1.30. The van der Waals surface area contributed by atoms with Gasteiger partial charge in [-0.15, -0.1) is 0 Å². The molecule has 3 aromatic rings. The third-order valence-corrected chi connectivity index (χ3v) is 8.31. The summed E-state index contributed by atoms with van der Waals surface area (Å²) in [4.78, 5) is 44.8. The van der Waals surface area contributed by atoms with E-state index in [1.807, 2.05) is 4.68 Å². The number of benzene rings is 1. The van der Waals surface area contributed by atoms with Gasteiger partial charge in [-0.3, -0.25) is 24.0 Å². The van der Waals surface area contributed by atoms with Crippen LogP contribution >= 0.6 is 23.2 Å². The van der Waals surface area contributed by atoms with Crippen LogP contribution in [0.1, 0.15) is 89.4 Å². The molecule has 2 saturated carbocycles. The molecule has 5 rings (SSSR count). The molecule has 2 heterocycles. The van der Waals surface area contributed by atoms with Crippen molar-refractivity contribution < 1.29 is 27.9 Å². The van der Waals surface area contributed by atoms with Crippen LogP contribution in [0.15, 0.2) is 36.8 Å². The molecule has 0 unspecified atom stereocenters. The fourth-order valence-electron chi connectivity index (χ4n) is 5.63. The van der Waals surface area contributed by atoms with Crippen LogP contribution in [-0.4, -0.2) is 50.5 Å². The number of carbonyl (C=O) groups excluding carboxylic acids is 3. The molecule has 1 amide bonds. The average molecular weight is 619 g/mol. The van der Waals surface area contributed by atoms with Gasteiger partial charge in [-0.05, 0) is 63.1 Å². The molecule has 0 radical (unpaired) electrons. The fourth-order valence-corrected chi connectivity index (χ4v) is 6.21. The van der Waals surface area contributed by atoms with Crippen LogP contribution < -0.4 is 0 Å². The van der Waals surface area contributed by atoms with Gasteiger partial charge in [0.25, 0.3) is 5.91 Å². The lowest BCUT2D eigenvalue weighted by Gasteiger charge is -2.29. The van der Waals surface area contributed by atoms with Gasteiger partial charge >= 0.3 is 5.97 Å². The maximum absolute atomic E-state index is 14.1. The first-order valence-electron chi connectivity index (χ1n) is 14.0. The van der Waals surface area contributed by atoms with E-state index in [4.69, 9.17) is 27.9 Å². The van der Waals surface area contributed by atoms with Crippen LogP contribution in [0.25, 0.3) is 0 Å². The third-order valence-electron chi connectivity index (χ3n) is 7.74. The predicted octanol–water partition coefficient (Wildman–Crippen LogP) is 6.56. The molecule has 2 aromatic heterocycles. The van der Waals surface area contributed by atoms with E-state index in [1.165, 1.54) is 23.5 Å². The highest BCUT2D eigenvalue weighted by molar-refractivity contribution is 6.39. The molecule has 42 heavy (non-hydrogen) atoms. The van der Waals surface area contributed by atoms with Gasteiger partial charge < -0.3 is 9.64 Å². The molecule has 8 nitrogen and oxygen atoms in total. The maximum atomic E-state index is 14.1. The number of amides is 1. The van der Waals surface area contributed by atoms with Crippen molar-refractivity contribution in [3.8, 4) is 0 Å². The topological polar surface area (TPSA) is 94.4 Å². The molecule has 2 fully saturated rings. The largest absolute Gasteiger partial charge is 0.466 e. The Hall–Kier alpha value is -3.37. The van der Waals surface area contributed by atoms with Crippen LogP contribution in [0.3, 0.4) is 0 Å². The Balaban J connectivity index is 1.44. The van der Waals surface area contributed by atoms with Crippen LogP contribution in [0.5, 0.6) is 0 Å². The smallest absolute Gasteiger partial charge is 0.308 e. The van der Waals surface area contributed by atoms with E-state index in [9.17, 15) is 23.2 Å². The highest BCUT2D eigenvalue weighted by atomic mass is 35.5. The van der Waals surface area contributed by atoms with Crippen molar-refractivity contribution in [2.75, 3.05) is 13.2 Å². The van der Waals surface area contributed by atoms with Gasteiger partial charge in [-0.2, -0.15) is 5.10 Å². The fraction of sp³-hybridized carbons (Fsp3) is 0.433. The average Bonchev–Trinajstić information content (AvgIpc) is 3.69. The molecule has 0 saturated heterocycles. The van der Waals surface area contributed by atoms with Gasteiger partial charge in [0.15, 0.2) is 5.78 Å². The van der Waals surface area contributed by atoms with Gasteiger partial charge in [-0.1, -0.05) is 23.2 Å². The Morgan fingerprint density at radius 2 is 1.62 bits per heavy atom. The first kappa shape index (κ1) is 30.1. The zero-order valence-corrected chi connectivity index (χ0v) is 24.5. The second kappa shape index (κ2) is 12.9. The summed E-state index contributed by atoms with van der Waals surface area (Å²) in [6.07, 6.45) is 8.59. The van der Waals surface area contributed by atoms with Crippen molar-refractivity contribution in [1.82, 2.24) is 19.7 Å². The first-order chi connectivity index (χ1) is 20.2. The van der Waals surface area contributed by atoms with Gasteiger partial charge in [0.05, 0.1) is 58.2 Å². The molecule has 2 aliphatic rings. The Kier molecular flexibility index (Phi) is 9.22. The zero-order valence-electron chi connectivity index (χ0n) is 23.0. The number of carbonyl (C=O) groups is 3. The molecule has 0 spiro atoms. The molecule has 0 aliphatic heterocycles. The highest BCUT2D eigenvalue weighted by Gasteiger charge is 2.38. The molecule has 12 heteroatoms. The Morgan fingerprint density at radius 1 is 0.976 bits per heavy atom. The van der Waals surface area contributed by atoms with E-state index < -0.39 is 29.9 Å². The summed E-state index contributed by atoms with van der Waals surface area (Å²) in [7, 11) is 0. The Labute approximate surface area is 251 Å². The summed E-state index contributed by atoms with van der Waals surface area (Å²) in [6, 6.07) is 2.99. The van der Waals surface area contributed by atoms with Crippen molar-refractivity contribution in [2.24, 2.45) is 5.92 Å². The maximum Gasteiger partial charge on any atom is 0.308 e. The highest BCUT2D eigenvalue weighted by Crippen LogP contribution is 2.45. The lowest BCUT2D eigenvalue weighted by atomic mass is 9.86. The summed E-state index contributed by atoms with van der Waals surface area (Å²) in [5.74, 6) is -2.84. The molecule has 1 aromatic carbocycles. The van der Waals surface area contributed by atoms with Crippen LogP contribution in [0, 0.1) is 17.6 Å². The van der Waals surface area contributed by atoms with Crippen molar-refractivity contribution in [3.05, 3.63) is 80.9 Å². The molecule has 222 valence electrons. The number of rotatable bonds is 10. The number of pyridine rings is 1. The molecule has 0 atom stereocenters. The third kappa shape index (κ3) is 6.65. The van der Waals surface area contributed by atoms with Crippen LogP contribution in [0.2, 0.25) is 10.0 Å². The molecular weight excluding hydrogens is 589 g/mol. The van der Waals surface area contributed by atoms with E-state index in [2.05, 4.69) is 10.1 Å². The standard InChI is InChI=1S/C30H30Cl2F2N4O4/c1-2-42-30(41)19-5-7-22(8-6-19)38-28(18-3-4-18)23(12-36-38)29(40)37(15-17-9-20(33)11-21(34)10-17)16-26(39)27-24(31)13-35-14-25(27)32/h9-14,18-19,22H,2-8,15-16H2,1H3/t19-,22-. The monoisotopic (exact) mass is 618 g/mol. The number of ether oxygens (including phenoxy) is 1. The Bertz CT molecular complexity index is 1460. The summed E-state index contributed by atoms with van der Waals surface area (Å²) >= 11 is 12.4. The lowest BCUT2D eigenvalue weighted by molar-refractivity contribution is -0.149. The number of hydrogen-bond donors (Lipinski definition) is 0.